The molecular formula is C29H31FN4O4S. The summed E-state index contributed by atoms with van der Waals surface area (Å²) < 4.78 is 51.7. The van der Waals surface area contributed by atoms with Crippen LogP contribution in [-0.2, 0) is 29.4 Å². The Balaban J connectivity index is 1.49. The van der Waals surface area contributed by atoms with Crippen molar-refractivity contribution in [2.75, 3.05) is 4.72 Å². The predicted molar refractivity (Wildman–Crippen MR) is 146 cm³/mol. The van der Waals surface area contributed by atoms with Crippen molar-refractivity contribution in [3.63, 3.8) is 0 Å². The molecule has 0 radical (unpaired) electrons. The zero-order valence-corrected chi connectivity index (χ0v) is 23.1. The molecule has 1 aliphatic carbocycles. The molecule has 0 fully saturated rings. The topological polar surface area (TPSA) is 107 Å². The zero-order chi connectivity index (χ0) is 27.7. The minimum absolute atomic E-state index is 0.0764. The second-order valence-electron chi connectivity index (χ2n) is 9.92. The fourth-order valence-electron chi connectivity index (χ4n) is 5.00. The summed E-state index contributed by atoms with van der Waals surface area (Å²) in [4.78, 5) is 17.6. The standard InChI is InChI=1S/C29H31FN4O4S/c1-4-9-27-31-24-11-6-7-12-25(35)28(24)34(27)17-20-14-15-21(23(30)16-20)22-10-5-8-13-26(22)39(36,37)33-29-18(2)19(3)38-32-29/h5,8,10,13-16H,4,6-7,9,11-12,17H2,1-3H3,(H,32,33). The SMILES string of the molecule is CCCc1nc2c(n1Cc1ccc(-c3ccccc3S(=O)(=O)Nc3noc(C)c3C)c(F)c1)C(=O)CCCC2. The maximum Gasteiger partial charge on any atom is 0.263 e. The van der Waals surface area contributed by atoms with Crippen LogP contribution in [0.25, 0.3) is 11.1 Å². The summed E-state index contributed by atoms with van der Waals surface area (Å²) in [6, 6.07) is 11.0. The van der Waals surface area contributed by atoms with E-state index in [4.69, 9.17) is 9.51 Å². The van der Waals surface area contributed by atoms with Crippen LogP contribution < -0.4 is 4.72 Å². The van der Waals surface area contributed by atoms with Crippen LogP contribution in [0, 0.1) is 19.7 Å². The smallest absolute Gasteiger partial charge is 0.263 e. The van der Waals surface area contributed by atoms with E-state index in [-0.39, 0.29) is 27.6 Å². The van der Waals surface area contributed by atoms with Crippen molar-refractivity contribution < 1.29 is 22.1 Å². The molecule has 1 aliphatic rings. The number of benzene rings is 2. The molecule has 0 aliphatic heterocycles. The monoisotopic (exact) mass is 550 g/mol. The van der Waals surface area contributed by atoms with Gasteiger partial charge >= 0.3 is 0 Å². The van der Waals surface area contributed by atoms with E-state index in [1.54, 1.807) is 44.2 Å². The first-order valence-electron chi connectivity index (χ1n) is 13.1. The van der Waals surface area contributed by atoms with Gasteiger partial charge in [-0.1, -0.05) is 42.4 Å². The van der Waals surface area contributed by atoms with Gasteiger partial charge in [-0.15, -0.1) is 0 Å². The zero-order valence-electron chi connectivity index (χ0n) is 22.3. The van der Waals surface area contributed by atoms with E-state index in [1.807, 2.05) is 4.57 Å². The number of Topliss-reactive ketones (excluding diaryl/α,β-unsaturated/α-hetero) is 1. The Bertz CT molecular complexity index is 1660. The average molecular weight is 551 g/mol. The summed E-state index contributed by atoms with van der Waals surface area (Å²) in [5.74, 6) is 0.955. The van der Waals surface area contributed by atoms with E-state index >= 15 is 4.39 Å². The van der Waals surface area contributed by atoms with Crippen LogP contribution in [0.3, 0.4) is 0 Å². The van der Waals surface area contributed by atoms with E-state index in [9.17, 15) is 13.2 Å². The second kappa shape index (κ2) is 10.8. The highest BCUT2D eigenvalue weighted by atomic mass is 32.2. The summed E-state index contributed by atoms with van der Waals surface area (Å²) in [5, 5.41) is 3.78. The lowest BCUT2D eigenvalue weighted by Crippen LogP contribution is -2.15. The molecule has 5 rings (SSSR count). The van der Waals surface area contributed by atoms with Gasteiger partial charge in [-0.3, -0.25) is 9.52 Å². The van der Waals surface area contributed by atoms with Gasteiger partial charge in [-0.2, -0.15) is 0 Å². The molecular weight excluding hydrogens is 519 g/mol. The number of aromatic nitrogens is 3. The molecule has 4 aromatic rings. The van der Waals surface area contributed by atoms with Crippen LogP contribution in [-0.4, -0.2) is 28.9 Å². The van der Waals surface area contributed by atoms with Crippen LogP contribution in [0.15, 0.2) is 51.9 Å². The summed E-state index contributed by atoms with van der Waals surface area (Å²) in [5.41, 5.74) is 3.10. The van der Waals surface area contributed by atoms with Gasteiger partial charge in [0.05, 0.1) is 10.6 Å². The van der Waals surface area contributed by atoms with Crippen LogP contribution >= 0.6 is 0 Å². The van der Waals surface area contributed by atoms with E-state index in [1.165, 1.54) is 12.1 Å². The molecule has 10 heteroatoms. The number of carbonyl (C=O) groups is 1. The van der Waals surface area contributed by atoms with Gasteiger partial charge in [0.2, 0.25) is 0 Å². The Labute approximate surface area is 227 Å². The van der Waals surface area contributed by atoms with Crippen molar-refractivity contribution in [3.8, 4) is 11.1 Å². The number of halogens is 1. The molecule has 8 nitrogen and oxygen atoms in total. The first-order chi connectivity index (χ1) is 18.7. The van der Waals surface area contributed by atoms with Crippen molar-refractivity contribution in [1.82, 2.24) is 14.7 Å². The molecule has 39 heavy (non-hydrogen) atoms. The quantitative estimate of drug-likeness (QED) is 0.270. The molecule has 2 aromatic carbocycles. The average Bonchev–Trinajstić information content (AvgIpc) is 3.33. The number of imidazole rings is 1. The van der Waals surface area contributed by atoms with E-state index in [0.717, 1.165) is 43.6 Å². The highest BCUT2D eigenvalue weighted by Gasteiger charge is 2.26. The van der Waals surface area contributed by atoms with Crippen molar-refractivity contribution in [2.45, 2.75) is 70.7 Å². The van der Waals surface area contributed by atoms with Crippen LogP contribution in [0.4, 0.5) is 10.2 Å². The minimum Gasteiger partial charge on any atom is -0.359 e. The summed E-state index contributed by atoms with van der Waals surface area (Å²) in [6.07, 6.45) is 4.63. The highest BCUT2D eigenvalue weighted by Crippen LogP contribution is 2.32. The van der Waals surface area contributed by atoms with Crippen molar-refractivity contribution in [3.05, 3.63) is 82.4 Å². The number of rotatable bonds is 8. The number of hydrogen-bond acceptors (Lipinski definition) is 6. The van der Waals surface area contributed by atoms with Gasteiger partial charge < -0.3 is 9.09 Å². The maximum atomic E-state index is 15.6. The van der Waals surface area contributed by atoms with Crippen molar-refractivity contribution in [2.24, 2.45) is 0 Å². The number of fused-ring (bicyclic) bond motifs is 1. The highest BCUT2D eigenvalue weighted by molar-refractivity contribution is 7.92. The number of ketones is 1. The summed E-state index contributed by atoms with van der Waals surface area (Å²) in [6.45, 7) is 5.76. The molecule has 2 aromatic heterocycles. The number of aryl methyl sites for hydroxylation is 3. The number of carbonyl (C=O) groups excluding carboxylic acids is 1. The molecule has 0 saturated heterocycles. The fourth-order valence-corrected chi connectivity index (χ4v) is 6.28. The lowest BCUT2D eigenvalue weighted by molar-refractivity contribution is 0.0973. The molecule has 204 valence electrons. The van der Waals surface area contributed by atoms with Crippen LogP contribution in [0.2, 0.25) is 0 Å². The van der Waals surface area contributed by atoms with Crippen molar-refractivity contribution >= 4 is 21.6 Å². The number of sulfonamides is 1. The number of nitrogens with one attached hydrogen (secondary N) is 1. The van der Waals surface area contributed by atoms with Gasteiger partial charge in [0, 0.05) is 36.1 Å². The molecule has 0 atom stereocenters. The number of nitrogens with zero attached hydrogens (tertiary/aromatic N) is 3. The van der Waals surface area contributed by atoms with Gasteiger partial charge in [0.25, 0.3) is 10.0 Å². The number of hydrogen-bond donors (Lipinski definition) is 1. The van der Waals surface area contributed by atoms with Gasteiger partial charge in [-0.05, 0) is 57.2 Å². The Kier molecular flexibility index (Phi) is 7.40. The van der Waals surface area contributed by atoms with E-state index < -0.39 is 15.8 Å². The van der Waals surface area contributed by atoms with Crippen LogP contribution in [0.5, 0.6) is 0 Å². The normalized spacial score (nSPS) is 13.8. The Morgan fingerprint density at radius 2 is 1.85 bits per heavy atom. The van der Waals surface area contributed by atoms with E-state index in [0.29, 0.717) is 35.5 Å². The Morgan fingerprint density at radius 3 is 2.56 bits per heavy atom. The molecule has 0 unspecified atom stereocenters. The fraction of sp³-hybridized carbons (Fsp3) is 0.345. The predicted octanol–water partition coefficient (Wildman–Crippen LogP) is 6.00. The summed E-state index contributed by atoms with van der Waals surface area (Å²) in [7, 11) is -4.09. The second-order valence-corrected chi connectivity index (χ2v) is 11.6. The van der Waals surface area contributed by atoms with Crippen LogP contribution in [0.1, 0.15) is 71.5 Å². The third-order valence-electron chi connectivity index (χ3n) is 7.15. The molecule has 0 bridgehead atoms. The third-order valence-corrected chi connectivity index (χ3v) is 8.55. The van der Waals surface area contributed by atoms with Gasteiger partial charge in [-0.25, -0.2) is 17.8 Å². The number of anilines is 1. The van der Waals surface area contributed by atoms with E-state index in [2.05, 4.69) is 16.8 Å². The minimum atomic E-state index is -4.09. The lowest BCUT2D eigenvalue weighted by Gasteiger charge is -2.14. The van der Waals surface area contributed by atoms with Gasteiger partial charge in [0.1, 0.15) is 23.1 Å². The molecule has 2 heterocycles. The largest absolute Gasteiger partial charge is 0.359 e. The first kappa shape index (κ1) is 26.8. The summed E-state index contributed by atoms with van der Waals surface area (Å²) >= 11 is 0. The molecule has 0 spiro atoms. The molecule has 1 N–H and O–H groups in total. The first-order valence-corrected chi connectivity index (χ1v) is 14.6. The molecule has 0 saturated carbocycles. The van der Waals surface area contributed by atoms with Crippen molar-refractivity contribution in [1.29, 1.82) is 0 Å². The Morgan fingerprint density at radius 1 is 1.08 bits per heavy atom. The lowest BCUT2D eigenvalue weighted by atomic mass is 10.0. The maximum absolute atomic E-state index is 15.6. The third kappa shape index (κ3) is 5.25. The Hall–Kier alpha value is -3.79. The molecule has 0 amide bonds. The van der Waals surface area contributed by atoms with Gasteiger partial charge in [0.15, 0.2) is 11.6 Å².